The molecular weight excluding hydrogens is 364 g/mol. The largest absolute Gasteiger partial charge is 0.490 e. The quantitative estimate of drug-likeness (QED) is 0.793. The van der Waals surface area contributed by atoms with Gasteiger partial charge in [-0.1, -0.05) is 24.3 Å². The van der Waals surface area contributed by atoms with Gasteiger partial charge in [-0.3, -0.25) is 4.79 Å². The van der Waals surface area contributed by atoms with Crippen molar-refractivity contribution in [2.75, 3.05) is 44.3 Å². The van der Waals surface area contributed by atoms with Crippen molar-refractivity contribution in [2.45, 2.75) is 20.8 Å². The number of carbonyl (C=O) groups is 1. The maximum atomic E-state index is 13.1. The van der Waals surface area contributed by atoms with Gasteiger partial charge in [-0.2, -0.15) is 0 Å². The third-order valence-corrected chi connectivity index (χ3v) is 5.77. The summed E-state index contributed by atoms with van der Waals surface area (Å²) in [5.74, 6) is 1.53. The summed E-state index contributed by atoms with van der Waals surface area (Å²) in [6, 6.07) is 12.2. The van der Waals surface area contributed by atoms with Crippen LogP contribution in [0.3, 0.4) is 0 Å². The van der Waals surface area contributed by atoms with Gasteiger partial charge in [0.15, 0.2) is 11.5 Å². The molecule has 0 bridgehead atoms. The topological polar surface area (TPSA) is 42.0 Å². The number of nitrogens with zero attached hydrogens (tertiary/aromatic N) is 2. The van der Waals surface area contributed by atoms with Gasteiger partial charge in [0.05, 0.1) is 12.2 Å². The van der Waals surface area contributed by atoms with Crippen LogP contribution < -0.4 is 14.4 Å². The smallest absolute Gasteiger partial charge is 0.253 e. The predicted octanol–water partition coefficient (Wildman–Crippen LogP) is 3.83. The van der Waals surface area contributed by atoms with Crippen LogP contribution >= 0.6 is 0 Å². The molecular formula is C24H28N2O3. The Hall–Kier alpha value is -2.95. The van der Waals surface area contributed by atoms with Crippen LogP contribution in [0.15, 0.2) is 42.0 Å². The fraction of sp³-hybridized carbons (Fsp3) is 0.375. The van der Waals surface area contributed by atoms with E-state index in [2.05, 4.69) is 36.9 Å². The number of aryl methyl sites for hydroxylation is 1. The Balaban J connectivity index is 1.45. The van der Waals surface area contributed by atoms with Gasteiger partial charge in [0.1, 0.15) is 6.61 Å². The van der Waals surface area contributed by atoms with E-state index in [4.69, 9.17) is 9.47 Å². The molecule has 2 aliphatic heterocycles. The Morgan fingerprint density at radius 2 is 1.83 bits per heavy atom. The summed E-state index contributed by atoms with van der Waals surface area (Å²) >= 11 is 0. The lowest BCUT2D eigenvalue weighted by Gasteiger charge is -2.37. The Bertz CT molecular complexity index is 943. The maximum absolute atomic E-state index is 13.1. The number of amides is 1. The zero-order chi connectivity index (χ0) is 20.4. The lowest BCUT2D eigenvalue weighted by molar-refractivity contribution is -0.127. The van der Waals surface area contributed by atoms with E-state index in [1.165, 1.54) is 16.8 Å². The van der Waals surface area contributed by atoms with E-state index in [9.17, 15) is 4.79 Å². The fourth-order valence-electron chi connectivity index (χ4n) is 4.00. The first-order valence-electron chi connectivity index (χ1n) is 10.3. The van der Waals surface area contributed by atoms with E-state index in [0.717, 1.165) is 43.2 Å². The molecule has 1 saturated heterocycles. The summed E-state index contributed by atoms with van der Waals surface area (Å²) in [6.07, 6.45) is 1.95. The monoisotopic (exact) mass is 392 g/mol. The predicted molar refractivity (Wildman–Crippen MR) is 116 cm³/mol. The summed E-state index contributed by atoms with van der Waals surface area (Å²) in [7, 11) is 0. The molecule has 1 fully saturated rings. The highest BCUT2D eigenvalue weighted by Gasteiger charge is 2.27. The number of benzene rings is 2. The second kappa shape index (κ2) is 8.19. The van der Waals surface area contributed by atoms with Crippen molar-refractivity contribution in [3.63, 3.8) is 0 Å². The van der Waals surface area contributed by atoms with Gasteiger partial charge >= 0.3 is 0 Å². The number of rotatable bonds is 4. The second-order valence-corrected chi connectivity index (χ2v) is 7.56. The molecule has 2 aromatic rings. The van der Waals surface area contributed by atoms with Crippen LogP contribution in [-0.2, 0) is 4.79 Å². The van der Waals surface area contributed by atoms with Gasteiger partial charge in [0, 0.05) is 37.4 Å². The van der Waals surface area contributed by atoms with E-state index in [0.29, 0.717) is 12.2 Å². The molecule has 152 valence electrons. The number of hydrogen-bond acceptors (Lipinski definition) is 4. The summed E-state index contributed by atoms with van der Waals surface area (Å²) in [4.78, 5) is 17.4. The highest BCUT2D eigenvalue weighted by molar-refractivity contribution is 5.99. The molecule has 2 aromatic carbocycles. The van der Waals surface area contributed by atoms with Crippen molar-refractivity contribution >= 4 is 17.7 Å². The number of anilines is 1. The van der Waals surface area contributed by atoms with Gasteiger partial charge in [0.2, 0.25) is 0 Å². The zero-order valence-corrected chi connectivity index (χ0v) is 17.4. The lowest BCUT2D eigenvalue weighted by atomic mass is 10.0. The van der Waals surface area contributed by atoms with Crippen LogP contribution in [-0.4, -0.2) is 50.2 Å². The van der Waals surface area contributed by atoms with Crippen LogP contribution in [0.1, 0.15) is 23.6 Å². The van der Waals surface area contributed by atoms with Crippen molar-refractivity contribution in [3.8, 4) is 11.5 Å². The first-order valence-corrected chi connectivity index (χ1v) is 10.3. The molecule has 0 aliphatic carbocycles. The molecule has 2 heterocycles. The minimum atomic E-state index is 0.0677. The number of carbonyl (C=O) groups excluding carboxylic acids is 1. The summed E-state index contributed by atoms with van der Waals surface area (Å²) in [5.41, 5.74) is 5.49. The molecule has 0 radical (unpaired) electrons. The molecule has 0 N–H and O–H groups in total. The summed E-state index contributed by atoms with van der Waals surface area (Å²) in [5, 5.41) is 0. The standard InChI is InChI=1S/C24H28N2O3/c1-4-28-22-10-6-8-19-15-20(16-29-23(19)22)24(27)26-13-11-25(12-14-26)21-9-5-7-17(2)18(21)3/h5-10,15H,4,11-14,16H2,1-3H3. The average Bonchev–Trinajstić information content (AvgIpc) is 2.75. The zero-order valence-electron chi connectivity index (χ0n) is 17.4. The molecule has 0 atom stereocenters. The van der Waals surface area contributed by atoms with Gasteiger partial charge in [-0.15, -0.1) is 0 Å². The van der Waals surface area contributed by atoms with Gasteiger partial charge in [0.25, 0.3) is 5.91 Å². The van der Waals surface area contributed by atoms with Crippen LogP contribution in [0.25, 0.3) is 6.08 Å². The number of ether oxygens (including phenoxy) is 2. The minimum absolute atomic E-state index is 0.0677. The highest BCUT2D eigenvalue weighted by atomic mass is 16.5. The molecule has 0 aromatic heterocycles. The molecule has 4 rings (SSSR count). The van der Waals surface area contributed by atoms with Gasteiger partial charge < -0.3 is 19.3 Å². The van der Waals surface area contributed by atoms with Crippen LogP contribution in [0, 0.1) is 13.8 Å². The van der Waals surface area contributed by atoms with Crippen molar-refractivity contribution in [1.29, 1.82) is 0 Å². The lowest BCUT2D eigenvalue weighted by Crippen LogP contribution is -2.49. The van der Waals surface area contributed by atoms with Crippen molar-refractivity contribution in [3.05, 3.63) is 58.7 Å². The Morgan fingerprint density at radius 3 is 2.59 bits per heavy atom. The second-order valence-electron chi connectivity index (χ2n) is 7.56. The highest BCUT2D eigenvalue weighted by Crippen LogP contribution is 2.36. The molecule has 0 saturated carbocycles. The third-order valence-electron chi connectivity index (χ3n) is 5.77. The van der Waals surface area contributed by atoms with E-state index in [1.807, 2.05) is 36.1 Å². The molecule has 5 nitrogen and oxygen atoms in total. The molecule has 1 amide bonds. The molecule has 0 unspecified atom stereocenters. The molecule has 0 spiro atoms. The Labute approximate surface area is 172 Å². The first kappa shape index (κ1) is 19.4. The number of para-hydroxylation sites is 1. The number of fused-ring (bicyclic) bond motifs is 1. The van der Waals surface area contributed by atoms with E-state index < -0.39 is 0 Å². The molecule has 2 aliphatic rings. The number of piperazine rings is 1. The Kier molecular flexibility index (Phi) is 5.47. The van der Waals surface area contributed by atoms with Gasteiger partial charge in [-0.05, 0) is 50.1 Å². The van der Waals surface area contributed by atoms with E-state index in [-0.39, 0.29) is 12.5 Å². The summed E-state index contributed by atoms with van der Waals surface area (Å²) in [6.45, 7) is 10.2. The molecule has 5 heteroatoms. The third kappa shape index (κ3) is 3.82. The minimum Gasteiger partial charge on any atom is -0.490 e. The average molecular weight is 392 g/mol. The van der Waals surface area contributed by atoms with Crippen LogP contribution in [0.4, 0.5) is 5.69 Å². The number of hydrogen-bond donors (Lipinski definition) is 0. The first-order chi connectivity index (χ1) is 14.1. The van der Waals surface area contributed by atoms with Crippen LogP contribution in [0.2, 0.25) is 0 Å². The maximum Gasteiger partial charge on any atom is 0.253 e. The fourth-order valence-corrected chi connectivity index (χ4v) is 4.00. The van der Waals surface area contributed by atoms with Gasteiger partial charge in [-0.25, -0.2) is 0 Å². The SMILES string of the molecule is CCOc1cccc2c1OCC(C(=O)N1CCN(c3cccc(C)c3C)CC1)=C2. The van der Waals surface area contributed by atoms with Crippen molar-refractivity contribution in [2.24, 2.45) is 0 Å². The summed E-state index contributed by atoms with van der Waals surface area (Å²) < 4.78 is 11.5. The van der Waals surface area contributed by atoms with E-state index in [1.54, 1.807) is 0 Å². The van der Waals surface area contributed by atoms with Crippen molar-refractivity contribution < 1.29 is 14.3 Å². The van der Waals surface area contributed by atoms with E-state index >= 15 is 0 Å². The Morgan fingerprint density at radius 1 is 1.07 bits per heavy atom. The normalized spacial score (nSPS) is 16.0. The molecule has 29 heavy (non-hydrogen) atoms. The van der Waals surface area contributed by atoms with Crippen LogP contribution in [0.5, 0.6) is 11.5 Å². The van der Waals surface area contributed by atoms with Crippen molar-refractivity contribution in [1.82, 2.24) is 4.90 Å².